The molecular formula is C27H41ClN2O7. The summed E-state index contributed by atoms with van der Waals surface area (Å²) in [4.78, 5) is 39.7. The van der Waals surface area contributed by atoms with Gasteiger partial charge in [-0.15, -0.1) is 12.4 Å². The predicted molar refractivity (Wildman–Crippen MR) is 141 cm³/mol. The average Bonchev–Trinajstić information content (AvgIpc) is 2.89. The second kappa shape index (κ2) is 14.4. The van der Waals surface area contributed by atoms with Crippen LogP contribution in [-0.4, -0.2) is 66.8 Å². The van der Waals surface area contributed by atoms with E-state index in [1.165, 1.54) is 51.2 Å². The number of esters is 1. The molecule has 0 saturated heterocycles. The lowest BCUT2D eigenvalue weighted by molar-refractivity contribution is -0.153. The molecule has 1 saturated carbocycles. The fourth-order valence-electron chi connectivity index (χ4n) is 5.38. The van der Waals surface area contributed by atoms with E-state index in [0.717, 1.165) is 17.5 Å². The molecule has 1 fully saturated rings. The molecule has 1 aromatic rings. The van der Waals surface area contributed by atoms with Crippen LogP contribution in [0.15, 0.2) is 12.1 Å². The van der Waals surface area contributed by atoms with Crippen molar-refractivity contribution in [3.8, 4) is 11.5 Å². The Balaban J connectivity index is 0.00000481. The molecule has 0 spiro atoms. The Hall–Kier alpha value is -2.52. The summed E-state index contributed by atoms with van der Waals surface area (Å²) in [6.07, 6.45) is 7.70. The molecule has 9 nitrogen and oxygen atoms in total. The number of carbonyl (C=O) groups excluding carboxylic acids is 2. The molecule has 3 atom stereocenters. The van der Waals surface area contributed by atoms with Crippen molar-refractivity contribution in [3.05, 3.63) is 23.3 Å². The highest BCUT2D eigenvalue weighted by Gasteiger charge is 2.38. The van der Waals surface area contributed by atoms with E-state index in [4.69, 9.17) is 14.2 Å². The molecular weight excluding hydrogens is 500 g/mol. The number of fused-ring (bicyclic) bond motifs is 1. The summed E-state index contributed by atoms with van der Waals surface area (Å²) in [5.74, 6) is -0.182. The van der Waals surface area contributed by atoms with Crippen molar-refractivity contribution in [3.63, 3.8) is 0 Å². The Kier molecular flexibility index (Phi) is 12.0. The standard InChI is InChI=1S/C27H40N2O7.ClH/c1-5-36-27(33)21(12-11-18-9-7-6-8-10-18)28-17(2)25(30)29-16-20-15-24(35-4)23(34-3)14-19(20)13-22(29)26(31)32;/h14-15,17-18,21-22,28H,5-13,16H2,1-4H3,(H,31,32);1H/t17-,21-,22+;/m0./s1. The Morgan fingerprint density at radius 3 is 2.27 bits per heavy atom. The molecule has 0 bridgehead atoms. The number of amides is 1. The zero-order valence-electron chi connectivity index (χ0n) is 22.3. The Bertz CT molecular complexity index is 936. The molecule has 1 aromatic carbocycles. The second-order valence-corrected chi connectivity index (χ2v) is 9.77. The first-order chi connectivity index (χ1) is 17.3. The molecule has 37 heavy (non-hydrogen) atoms. The largest absolute Gasteiger partial charge is 0.493 e. The number of benzene rings is 1. The van der Waals surface area contributed by atoms with Crippen LogP contribution in [0.3, 0.4) is 0 Å². The van der Waals surface area contributed by atoms with Crippen LogP contribution in [0.1, 0.15) is 69.9 Å². The van der Waals surface area contributed by atoms with Crippen LogP contribution in [0.4, 0.5) is 0 Å². The van der Waals surface area contributed by atoms with Gasteiger partial charge in [0.05, 0.1) is 26.9 Å². The van der Waals surface area contributed by atoms with E-state index in [1.54, 1.807) is 26.0 Å². The topological polar surface area (TPSA) is 114 Å². The van der Waals surface area contributed by atoms with Gasteiger partial charge in [0.15, 0.2) is 11.5 Å². The van der Waals surface area contributed by atoms with E-state index in [2.05, 4.69) is 5.32 Å². The predicted octanol–water partition coefficient (Wildman–Crippen LogP) is 3.73. The van der Waals surface area contributed by atoms with Crippen LogP contribution < -0.4 is 14.8 Å². The first kappa shape index (κ1) is 30.7. The number of carboxylic acid groups (broad SMARTS) is 1. The lowest BCUT2D eigenvalue weighted by Crippen LogP contribution is -2.56. The number of aliphatic carboxylic acids is 1. The Labute approximate surface area is 225 Å². The maximum Gasteiger partial charge on any atom is 0.326 e. The van der Waals surface area contributed by atoms with Gasteiger partial charge in [-0.1, -0.05) is 32.1 Å². The summed E-state index contributed by atoms with van der Waals surface area (Å²) in [6.45, 7) is 3.83. The van der Waals surface area contributed by atoms with Gasteiger partial charge in [-0.2, -0.15) is 0 Å². The fraction of sp³-hybridized carbons (Fsp3) is 0.667. The molecule has 1 amide bonds. The summed E-state index contributed by atoms with van der Waals surface area (Å²) in [5.41, 5.74) is 1.62. The van der Waals surface area contributed by atoms with Gasteiger partial charge in [0.25, 0.3) is 0 Å². The van der Waals surface area contributed by atoms with Crippen molar-refractivity contribution < 1.29 is 33.7 Å². The number of nitrogens with one attached hydrogen (secondary N) is 1. The van der Waals surface area contributed by atoms with Crippen molar-refractivity contribution in [2.45, 2.75) is 89.9 Å². The summed E-state index contributed by atoms with van der Waals surface area (Å²) < 4.78 is 16.0. The molecule has 1 aliphatic heterocycles. The molecule has 3 rings (SSSR count). The molecule has 2 N–H and O–H groups in total. The maximum absolute atomic E-state index is 13.5. The van der Waals surface area contributed by atoms with Gasteiger partial charge in [-0.05, 0) is 55.9 Å². The van der Waals surface area contributed by atoms with E-state index in [0.29, 0.717) is 23.8 Å². The van der Waals surface area contributed by atoms with Crippen LogP contribution >= 0.6 is 12.4 Å². The smallest absolute Gasteiger partial charge is 0.326 e. The lowest BCUT2D eigenvalue weighted by Gasteiger charge is -2.37. The minimum Gasteiger partial charge on any atom is -0.493 e. The molecule has 0 unspecified atom stereocenters. The van der Waals surface area contributed by atoms with Gasteiger partial charge < -0.3 is 24.2 Å². The van der Waals surface area contributed by atoms with Gasteiger partial charge in [-0.3, -0.25) is 14.9 Å². The maximum atomic E-state index is 13.5. The Morgan fingerprint density at radius 1 is 1.08 bits per heavy atom. The number of nitrogens with zero attached hydrogens (tertiary/aromatic N) is 1. The number of rotatable bonds is 11. The third kappa shape index (κ3) is 7.74. The van der Waals surface area contributed by atoms with E-state index >= 15 is 0 Å². The fourth-order valence-corrected chi connectivity index (χ4v) is 5.38. The summed E-state index contributed by atoms with van der Waals surface area (Å²) >= 11 is 0. The quantitative estimate of drug-likeness (QED) is 0.408. The van der Waals surface area contributed by atoms with Crippen molar-refractivity contribution in [2.75, 3.05) is 20.8 Å². The summed E-state index contributed by atoms with van der Waals surface area (Å²) in [7, 11) is 3.06. The van der Waals surface area contributed by atoms with Crippen LogP contribution in [-0.2, 0) is 32.1 Å². The van der Waals surface area contributed by atoms with Gasteiger partial charge in [0.1, 0.15) is 12.1 Å². The number of hydrogen-bond acceptors (Lipinski definition) is 7. The number of methoxy groups -OCH3 is 2. The van der Waals surface area contributed by atoms with Crippen LogP contribution in [0.5, 0.6) is 11.5 Å². The number of hydrogen-bond donors (Lipinski definition) is 2. The summed E-state index contributed by atoms with van der Waals surface area (Å²) in [5, 5.41) is 13.1. The molecule has 0 aromatic heterocycles. The molecule has 1 heterocycles. The molecule has 208 valence electrons. The van der Waals surface area contributed by atoms with Crippen molar-refractivity contribution in [1.29, 1.82) is 0 Å². The van der Waals surface area contributed by atoms with Gasteiger partial charge in [0, 0.05) is 13.0 Å². The average molecular weight is 541 g/mol. The van der Waals surface area contributed by atoms with E-state index in [-0.39, 0.29) is 43.9 Å². The first-order valence-electron chi connectivity index (χ1n) is 13.0. The lowest BCUT2D eigenvalue weighted by atomic mass is 9.85. The number of ether oxygens (including phenoxy) is 3. The highest BCUT2D eigenvalue weighted by atomic mass is 35.5. The van der Waals surface area contributed by atoms with Crippen molar-refractivity contribution in [1.82, 2.24) is 10.2 Å². The molecule has 10 heteroatoms. The SMILES string of the molecule is CCOC(=O)[C@H](CCC1CCCCC1)N[C@@H](C)C(=O)N1Cc2cc(OC)c(OC)cc2C[C@@H]1C(=O)O.Cl. The van der Waals surface area contributed by atoms with Crippen LogP contribution in [0.2, 0.25) is 0 Å². The van der Waals surface area contributed by atoms with E-state index in [9.17, 15) is 19.5 Å². The highest BCUT2D eigenvalue weighted by molar-refractivity contribution is 5.88. The number of halogens is 1. The van der Waals surface area contributed by atoms with Crippen LogP contribution in [0.25, 0.3) is 0 Å². The first-order valence-corrected chi connectivity index (χ1v) is 13.0. The van der Waals surface area contributed by atoms with Crippen molar-refractivity contribution in [2.24, 2.45) is 5.92 Å². The minimum absolute atomic E-state index is 0. The van der Waals surface area contributed by atoms with Gasteiger partial charge >= 0.3 is 11.9 Å². The number of carboxylic acids is 1. The van der Waals surface area contributed by atoms with Crippen LogP contribution in [0, 0.1) is 5.92 Å². The molecule has 1 aliphatic carbocycles. The highest BCUT2D eigenvalue weighted by Crippen LogP contribution is 2.35. The molecule has 2 aliphatic rings. The van der Waals surface area contributed by atoms with Gasteiger partial charge in [-0.25, -0.2) is 4.79 Å². The minimum atomic E-state index is -1.07. The monoisotopic (exact) mass is 540 g/mol. The third-order valence-corrected chi connectivity index (χ3v) is 7.39. The van der Waals surface area contributed by atoms with E-state index in [1.807, 2.05) is 0 Å². The second-order valence-electron chi connectivity index (χ2n) is 9.77. The summed E-state index contributed by atoms with van der Waals surface area (Å²) in [6, 6.07) is 1.17. The zero-order chi connectivity index (χ0) is 26.2. The van der Waals surface area contributed by atoms with E-state index < -0.39 is 24.1 Å². The van der Waals surface area contributed by atoms with Crippen molar-refractivity contribution >= 4 is 30.3 Å². The molecule has 0 radical (unpaired) electrons. The number of carbonyl (C=O) groups is 3. The Morgan fingerprint density at radius 2 is 1.70 bits per heavy atom. The van der Waals surface area contributed by atoms with Gasteiger partial charge in [0.2, 0.25) is 5.91 Å². The normalized spacial score (nSPS) is 19.1. The zero-order valence-corrected chi connectivity index (χ0v) is 23.1. The third-order valence-electron chi connectivity index (χ3n) is 7.39.